The third kappa shape index (κ3) is 2.57. The van der Waals surface area contributed by atoms with Crippen LogP contribution in [-0.2, 0) is 6.42 Å². The van der Waals surface area contributed by atoms with Crippen molar-refractivity contribution in [2.24, 2.45) is 5.92 Å². The summed E-state index contributed by atoms with van der Waals surface area (Å²) >= 11 is 0. The smallest absolute Gasteiger partial charge is 0.0890 e. The molecule has 2 rings (SSSR count). The Labute approximate surface area is 96.7 Å². The van der Waals surface area contributed by atoms with Crippen LogP contribution in [-0.4, -0.2) is 9.97 Å². The van der Waals surface area contributed by atoms with Gasteiger partial charge in [-0.25, -0.2) is 4.98 Å². The Hall–Kier alpha value is -1.44. The lowest BCUT2D eigenvalue weighted by molar-refractivity contribution is 0.513. The zero-order valence-corrected chi connectivity index (χ0v) is 9.98. The van der Waals surface area contributed by atoms with Gasteiger partial charge in [0, 0.05) is 6.20 Å². The standard InChI is InChI=1S/C14H18N2/c1-3-11(2)8-9-12-10-15-13-6-4-5-7-14(13)16-12/h4-7,10-11H,3,8-9H2,1-2H3. The van der Waals surface area contributed by atoms with E-state index in [4.69, 9.17) is 0 Å². The third-order valence-corrected chi connectivity index (χ3v) is 3.09. The van der Waals surface area contributed by atoms with Crippen molar-refractivity contribution < 1.29 is 0 Å². The molecular weight excluding hydrogens is 196 g/mol. The molecule has 84 valence electrons. The first-order valence-electron chi connectivity index (χ1n) is 6.00. The summed E-state index contributed by atoms with van der Waals surface area (Å²) in [4.78, 5) is 9.04. The molecule has 2 nitrogen and oxygen atoms in total. The van der Waals surface area contributed by atoms with E-state index in [2.05, 4.69) is 23.8 Å². The molecule has 0 amide bonds. The lowest BCUT2D eigenvalue weighted by Gasteiger charge is -2.07. The zero-order valence-electron chi connectivity index (χ0n) is 9.98. The number of rotatable bonds is 4. The molecule has 1 heterocycles. The summed E-state index contributed by atoms with van der Waals surface area (Å²) in [6, 6.07) is 8.03. The van der Waals surface area contributed by atoms with Crippen molar-refractivity contribution in [1.82, 2.24) is 9.97 Å². The Morgan fingerprint density at radius 3 is 2.69 bits per heavy atom. The number of nitrogens with zero attached hydrogens (tertiary/aromatic N) is 2. The molecule has 0 radical (unpaired) electrons. The van der Waals surface area contributed by atoms with E-state index in [0.717, 1.165) is 29.1 Å². The van der Waals surface area contributed by atoms with E-state index in [1.165, 1.54) is 12.8 Å². The number of hydrogen-bond acceptors (Lipinski definition) is 2. The summed E-state index contributed by atoms with van der Waals surface area (Å²) in [7, 11) is 0. The van der Waals surface area contributed by atoms with E-state index in [1.807, 2.05) is 30.5 Å². The number of aromatic nitrogens is 2. The first-order valence-corrected chi connectivity index (χ1v) is 6.00. The fourth-order valence-electron chi connectivity index (χ4n) is 1.71. The predicted molar refractivity (Wildman–Crippen MR) is 67.3 cm³/mol. The molecule has 0 aliphatic rings. The van der Waals surface area contributed by atoms with Gasteiger partial charge in [-0.3, -0.25) is 4.98 Å². The summed E-state index contributed by atoms with van der Waals surface area (Å²) < 4.78 is 0. The minimum absolute atomic E-state index is 0.772. The molecule has 0 fully saturated rings. The van der Waals surface area contributed by atoms with Crippen molar-refractivity contribution in [3.05, 3.63) is 36.2 Å². The molecule has 0 bridgehead atoms. The van der Waals surface area contributed by atoms with Crippen LogP contribution in [0.3, 0.4) is 0 Å². The molecule has 1 atom stereocenters. The molecule has 0 saturated carbocycles. The van der Waals surface area contributed by atoms with Crippen molar-refractivity contribution in [3.8, 4) is 0 Å². The highest BCUT2D eigenvalue weighted by Gasteiger charge is 2.02. The first kappa shape index (κ1) is 11.1. The third-order valence-electron chi connectivity index (χ3n) is 3.09. The Morgan fingerprint density at radius 2 is 1.94 bits per heavy atom. The Bertz CT molecular complexity index is 465. The Morgan fingerprint density at radius 1 is 1.19 bits per heavy atom. The second-order valence-electron chi connectivity index (χ2n) is 4.40. The van der Waals surface area contributed by atoms with Crippen LogP contribution in [0.25, 0.3) is 11.0 Å². The van der Waals surface area contributed by atoms with Crippen molar-refractivity contribution >= 4 is 11.0 Å². The van der Waals surface area contributed by atoms with Gasteiger partial charge in [-0.15, -0.1) is 0 Å². The van der Waals surface area contributed by atoms with Crippen LogP contribution in [0.2, 0.25) is 0 Å². The van der Waals surface area contributed by atoms with E-state index in [9.17, 15) is 0 Å². The maximum absolute atomic E-state index is 4.62. The molecule has 1 aromatic heterocycles. The van der Waals surface area contributed by atoms with Crippen molar-refractivity contribution in [3.63, 3.8) is 0 Å². The largest absolute Gasteiger partial charge is 0.253 e. The predicted octanol–water partition coefficient (Wildman–Crippen LogP) is 3.61. The van der Waals surface area contributed by atoms with Gasteiger partial charge in [-0.1, -0.05) is 32.4 Å². The zero-order chi connectivity index (χ0) is 11.4. The highest BCUT2D eigenvalue weighted by molar-refractivity contribution is 5.73. The van der Waals surface area contributed by atoms with Crippen LogP contribution in [0, 0.1) is 5.92 Å². The highest BCUT2D eigenvalue weighted by atomic mass is 14.8. The van der Waals surface area contributed by atoms with Gasteiger partial charge in [0.05, 0.1) is 16.7 Å². The first-order chi connectivity index (χ1) is 7.79. The highest BCUT2D eigenvalue weighted by Crippen LogP contribution is 2.13. The summed E-state index contributed by atoms with van der Waals surface area (Å²) in [5.74, 6) is 0.772. The molecule has 16 heavy (non-hydrogen) atoms. The van der Waals surface area contributed by atoms with Gasteiger partial charge in [0.15, 0.2) is 0 Å². The second kappa shape index (κ2) is 5.06. The van der Waals surface area contributed by atoms with Crippen LogP contribution >= 0.6 is 0 Å². The van der Waals surface area contributed by atoms with Crippen LogP contribution in [0.15, 0.2) is 30.5 Å². The molecule has 0 aliphatic carbocycles. The van der Waals surface area contributed by atoms with Gasteiger partial charge in [0.25, 0.3) is 0 Å². The van der Waals surface area contributed by atoms with Crippen molar-refractivity contribution in [2.75, 3.05) is 0 Å². The Balaban J connectivity index is 2.13. The molecule has 1 aromatic carbocycles. The minimum Gasteiger partial charge on any atom is -0.253 e. The van der Waals surface area contributed by atoms with Gasteiger partial charge in [-0.05, 0) is 30.9 Å². The number of hydrogen-bond donors (Lipinski definition) is 0. The number of para-hydroxylation sites is 2. The summed E-state index contributed by atoms with van der Waals surface area (Å²) in [6.07, 6.45) is 5.38. The normalized spacial score (nSPS) is 12.9. The number of benzene rings is 1. The van der Waals surface area contributed by atoms with Crippen molar-refractivity contribution in [1.29, 1.82) is 0 Å². The van der Waals surface area contributed by atoms with E-state index < -0.39 is 0 Å². The van der Waals surface area contributed by atoms with E-state index in [1.54, 1.807) is 0 Å². The average molecular weight is 214 g/mol. The minimum atomic E-state index is 0.772. The fraction of sp³-hybridized carbons (Fsp3) is 0.429. The fourth-order valence-corrected chi connectivity index (χ4v) is 1.71. The van der Waals surface area contributed by atoms with Gasteiger partial charge in [-0.2, -0.15) is 0 Å². The maximum Gasteiger partial charge on any atom is 0.0890 e. The lowest BCUT2D eigenvalue weighted by atomic mass is 10.0. The summed E-state index contributed by atoms with van der Waals surface area (Å²) in [5, 5.41) is 0. The molecular formula is C14H18N2. The van der Waals surface area contributed by atoms with Crippen molar-refractivity contribution in [2.45, 2.75) is 33.1 Å². The van der Waals surface area contributed by atoms with Gasteiger partial charge in [0.2, 0.25) is 0 Å². The lowest BCUT2D eigenvalue weighted by Crippen LogP contribution is -1.98. The van der Waals surface area contributed by atoms with Gasteiger partial charge in [0.1, 0.15) is 0 Å². The number of aryl methyl sites for hydroxylation is 1. The SMILES string of the molecule is CCC(C)CCc1cnc2ccccc2n1. The molecule has 0 saturated heterocycles. The summed E-state index contributed by atoms with van der Waals surface area (Å²) in [5.41, 5.74) is 3.10. The second-order valence-corrected chi connectivity index (χ2v) is 4.40. The van der Waals surface area contributed by atoms with Crippen LogP contribution in [0.4, 0.5) is 0 Å². The van der Waals surface area contributed by atoms with Crippen LogP contribution in [0.5, 0.6) is 0 Å². The quantitative estimate of drug-likeness (QED) is 0.777. The molecule has 2 heteroatoms. The summed E-state index contributed by atoms with van der Waals surface area (Å²) in [6.45, 7) is 4.52. The average Bonchev–Trinajstić information content (AvgIpc) is 2.35. The topological polar surface area (TPSA) is 25.8 Å². The molecule has 2 aromatic rings. The molecule has 0 N–H and O–H groups in total. The van der Waals surface area contributed by atoms with E-state index >= 15 is 0 Å². The van der Waals surface area contributed by atoms with Crippen LogP contribution in [0.1, 0.15) is 32.4 Å². The number of fused-ring (bicyclic) bond motifs is 1. The monoisotopic (exact) mass is 214 g/mol. The Kier molecular flexibility index (Phi) is 3.50. The van der Waals surface area contributed by atoms with E-state index in [-0.39, 0.29) is 0 Å². The molecule has 0 aliphatic heterocycles. The van der Waals surface area contributed by atoms with Gasteiger partial charge >= 0.3 is 0 Å². The van der Waals surface area contributed by atoms with Crippen LogP contribution < -0.4 is 0 Å². The van der Waals surface area contributed by atoms with Gasteiger partial charge < -0.3 is 0 Å². The van der Waals surface area contributed by atoms with E-state index in [0.29, 0.717) is 0 Å². The molecule has 1 unspecified atom stereocenters. The molecule has 0 spiro atoms. The maximum atomic E-state index is 4.62.